The predicted molar refractivity (Wildman–Crippen MR) is 194 cm³/mol. The van der Waals surface area contributed by atoms with Crippen molar-refractivity contribution in [1.82, 2.24) is 10.2 Å². The maximum atomic E-state index is 11.7. The van der Waals surface area contributed by atoms with Crippen LogP contribution in [0.15, 0.2) is 65.7 Å². The molecule has 6 rings (SSSR count). The van der Waals surface area contributed by atoms with Crippen molar-refractivity contribution in [3.05, 3.63) is 71.8 Å². The maximum absolute atomic E-state index is 11.7. The summed E-state index contributed by atoms with van der Waals surface area (Å²) in [5.41, 5.74) is 2.21. The van der Waals surface area contributed by atoms with Crippen LogP contribution in [0.5, 0.6) is 0 Å². The van der Waals surface area contributed by atoms with Gasteiger partial charge in [0.15, 0.2) is 0 Å². The molecule has 52 heavy (non-hydrogen) atoms. The molecule has 1 N–H and O–H groups in total. The Kier molecular flexibility index (Phi) is 13.2. The summed E-state index contributed by atoms with van der Waals surface area (Å²) in [7, 11) is 3.86. The first-order chi connectivity index (χ1) is 24.8. The number of esters is 2. The standard InChI is InChI=1S/C21H30N2O4.C19H25NO5/c1-13-17(14(2)26-15(3)24)11-18-19(22-21(27-18)23(4)5)20(13)25-12-16-9-7-6-8-10-16;1-11-15(12(2)24-13(3)21)9-16-17(20-19(22)25-16)18(11)23-10-14-7-5-4-6-8-14/h6-10,13-14,17-20H,11-12H2,1-5H3;4-8,11-12,15-18H,9-10H2,1-3H3,(H,20,22)/t13-,14?,17+,18+,19+,20+;11-,12?,15+,16+,17+,18+/m11/s1. The third-order valence-electron chi connectivity index (χ3n) is 10.8. The fraction of sp³-hybridized carbons (Fsp3) is 0.600. The van der Waals surface area contributed by atoms with Gasteiger partial charge in [-0.15, -0.1) is 0 Å². The number of carbonyl (C=O) groups excluding carboxylic acids is 3. The molecule has 2 saturated carbocycles. The molecule has 2 aliphatic carbocycles. The number of amidine groups is 1. The number of hydrogen-bond acceptors (Lipinski definition) is 11. The fourth-order valence-corrected chi connectivity index (χ4v) is 8.17. The molecule has 2 aliphatic heterocycles. The molecule has 2 aromatic rings. The van der Waals surface area contributed by atoms with E-state index in [-0.39, 0.29) is 84.3 Å². The first-order valence-electron chi connectivity index (χ1n) is 18.4. The van der Waals surface area contributed by atoms with Crippen molar-refractivity contribution >= 4 is 24.1 Å². The number of hydrogen-bond donors (Lipinski definition) is 1. The average Bonchev–Trinajstić information content (AvgIpc) is 3.70. The lowest BCUT2D eigenvalue weighted by molar-refractivity contribution is -0.156. The summed E-state index contributed by atoms with van der Waals surface area (Å²) in [6.45, 7) is 12.0. The number of amides is 1. The Morgan fingerprint density at radius 2 is 1.27 bits per heavy atom. The Bertz CT molecular complexity index is 1520. The molecule has 0 bridgehead atoms. The molecule has 1 saturated heterocycles. The monoisotopic (exact) mass is 721 g/mol. The second kappa shape index (κ2) is 17.6. The van der Waals surface area contributed by atoms with E-state index < -0.39 is 6.09 Å². The molecule has 2 aromatic carbocycles. The van der Waals surface area contributed by atoms with Gasteiger partial charge in [-0.05, 0) is 49.7 Å². The highest BCUT2D eigenvalue weighted by molar-refractivity contribution is 5.75. The van der Waals surface area contributed by atoms with Gasteiger partial charge >= 0.3 is 18.0 Å². The minimum Gasteiger partial charge on any atom is -0.463 e. The van der Waals surface area contributed by atoms with Crippen molar-refractivity contribution < 1.29 is 42.8 Å². The van der Waals surface area contributed by atoms with Crippen molar-refractivity contribution in [3.63, 3.8) is 0 Å². The van der Waals surface area contributed by atoms with E-state index in [1.54, 1.807) is 0 Å². The lowest BCUT2D eigenvalue weighted by atomic mass is 9.72. The van der Waals surface area contributed by atoms with Gasteiger partial charge in [0.2, 0.25) is 0 Å². The normalized spacial score (nSPS) is 31.5. The van der Waals surface area contributed by atoms with E-state index in [9.17, 15) is 14.4 Å². The summed E-state index contributed by atoms with van der Waals surface area (Å²) >= 11 is 0. The quantitative estimate of drug-likeness (QED) is 0.247. The lowest BCUT2D eigenvalue weighted by Gasteiger charge is -2.43. The van der Waals surface area contributed by atoms with Gasteiger partial charge in [0, 0.05) is 39.8 Å². The minimum atomic E-state index is -0.406. The molecule has 12 atom stereocenters. The molecular weight excluding hydrogens is 666 g/mol. The Hall–Kier alpha value is -4.16. The second-order valence-corrected chi connectivity index (χ2v) is 14.7. The van der Waals surface area contributed by atoms with Gasteiger partial charge in [0.25, 0.3) is 6.02 Å². The molecule has 0 radical (unpaired) electrons. The van der Waals surface area contributed by atoms with Crippen molar-refractivity contribution in [1.29, 1.82) is 0 Å². The molecule has 284 valence electrons. The summed E-state index contributed by atoms with van der Waals surface area (Å²) in [5.74, 6) is -0.0213. The SMILES string of the molecule is CC(=O)OC(C)[C@H]1C[C@@H]2OC(=O)N[C@@H]2[C@@H](OCc2ccccc2)[C@@H]1C.CC(=O)OC(C)[C@H]1C[C@@H]2OC(N(C)C)=N[C@@H]2[C@@H](OCc2ccccc2)[C@@H]1C. The number of benzene rings is 2. The average molecular weight is 722 g/mol. The third-order valence-corrected chi connectivity index (χ3v) is 10.8. The number of ether oxygens (including phenoxy) is 6. The van der Waals surface area contributed by atoms with Crippen molar-refractivity contribution in [2.75, 3.05) is 14.1 Å². The van der Waals surface area contributed by atoms with Crippen LogP contribution >= 0.6 is 0 Å². The highest BCUT2D eigenvalue weighted by Gasteiger charge is 2.52. The van der Waals surface area contributed by atoms with Gasteiger partial charge in [-0.25, -0.2) is 9.79 Å². The van der Waals surface area contributed by atoms with E-state index in [4.69, 9.17) is 33.4 Å². The number of rotatable bonds is 10. The second-order valence-electron chi connectivity index (χ2n) is 14.7. The summed E-state index contributed by atoms with van der Waals surface area (Å²) in [6.07, 6.45) is 0.00383. The lowest BCUT2D eigenvalue weighted by Crippen LogP contribution is -2.55. The summed E-state index contributed by atoms with van der Waals surface area (Å²) < 4.78 is 35.0. The Balaban J connectivity index is 0.000000202. The van der Waals surface area contributed by atoms with Crippen LogP contribution in [0.25, 0.3) is 0 Å². The molecule has 2 heterocycles. The van der Waals surface area contributed by atoms with Crippen molar-refractivity contribution in [2.24, 2.45) is 28.7 Å². The van der Waals surface area contributed by atoms with Gasteiger partial charge in [-0.3, -0.25) is 9.59 Å². The van der Waals surface area contributed by atoms with Gasteiger partial charge < -0.3 is 38.6 Å². The van der Waals surface area contributed by atoms with E-state index in [0.717, 1.165) is 17.5 Å². The third kappa shape index (κ3) is 9.63. The molecular formula is C40H55N3O9. The van der Waals surface area contributed by atoms with Crippen LogP contribution in [-0.2, 0) is 51.2 Å². The fourth-order valence-electron chi connectivity index (χ4n) is 8.17. The van der Waals surface area contributed by atoms with Gasteiger partial charge in [0.1, 0.15) is 30.5 Å². The van der Waals surface area contributed by atoms with Crippen LogP contribution in [0.4, 0.5) is 4.79 Å². The minimum absolute atomic E-state index is 0.0399. The number of aliphatic imine (C=N–C) groups is 1. The molecule has 0 aromatic heterocycles. The number of alkyl carbamates (subject to hydrolysis) is 1. The molecule has 2 unspecified atom stereocenters. The number of nitrogens with one attached hydrogen (secondary N) is 1. The zero-order chi connectivity index (χ0) is 37.5. The molecule has 0 spiro atoms. The number of carbonyl (C=O) groups is 3. The van der Waals surface area contributed by atoms with E-state index in [2.05, 4.69) is 31.3 Å². The summed E-state index contributed by atoms with van der Waals surface area (Å²) in [6, 6.07) is 20.5. The van der Waals surface area contributed by atoms with Gasteiger partial charge in [0.05, 0.1) is 31.5 Å². The largest absolute Gasteiger partial charge is 0.463 e. The van der Waals surface area contributed by atoms with Gasteiger partial charge in [-0.1, -0.05) is 74.5 Å². The smallest absolute Gasteiger partial charge is 0.407 e. The highest BCUT2D eigenvalue weighted by Crippen LogP contribution is 2.42. The topological polar surface area (TPSA) is 134 Å². The molecule has 12 heteroatoms. The molecule has 12 nitrogen and oxygen atoms in total. The van der Waals surface area contributed by atoms with E-state index in [0.29, 0.717) is 25.7 Å². The maximum Gasteiger partial charge on any atom is 0.407 e. The van der Waals surface area contributed by atoms with Crippen molar-refractivity contribution in [3.8, 4) is 0 Å². The predicted octanol–water partition coefficient (Wildman–Crippen LogP) is 5.52. The van der Waals surface area contributed by atoms with Gasteiger partial charge in [-0.2, -0.15) is 0 Å². The number of nitrogens with zero attached hydrogens (tertiary/aromatic N) is 2. The summed E-state index contributed by atoms with van der Waals surface area (Å²) in [5, 5.41) is 2.88. The molecule has 4 aliphatic rings. The Labute approximate surface area is 307 Å². The summed E-state index contributed by atoms with van der Waals surface area (Å²) in [4.78, 5) is 41.2. The van der Waals surface area contributed by atoms with Crippen LogP contribution in [0, 0.1) is 23.7 Å². The first kappa shape index (κ1) is 39.1. The first-order valence-corrected chi connectivity index (χ1v) is 18.4. The Morgan fingerprint density at radius 3 is 1.77 bits per heavy atom. The van der Waals surface area contributed by atoms with Crippen LogP contribution in [0.1, 0.15) is 65.5 Å². The van der Waals surface area contributed by atoms with Crippen LogP contribution in [-0.4, -0.2) is 91.8 Å². The van der Waals surface area contributed by atoms with Crippen molar-refractivity contribution in [2.45, 2.75) is 116 Å². The van der Waals surface area contributed by atoms with Crippen LogP contribution < -0.4 is 5.32 Å². The van der Waals surface area contributed by atoms with E-state index in [1.165, 1.54) is 13.8 Å². The van der Waals surface area contributed by atoms with Crippen LogP contribution in [0.2, 0.25) is 0 Å². The highest BCUT2D eigenvalue weighted by atomic mass is 16.6. The molecule has 3 fully saturated rings. The number of fused-ring (bicyclic) bond motifs is 2. The zero-order valence-corrected chi connectivity index (χ0v) is 31.6. The van der Waals surface area contributed by atoms with E-state index >= 15 is 0 Å². The molecule has 1 amide bonds. The zero-order valence-electron chi connectivity index (χ0n) is 31.6. The van der Waals surface area contributed by atoms with Crippen LogP contribution in [0.3, 0.4) is 0 Å². The Morgan fingerprint density at radius 1 is 0.788 bits per heavy atom. The van der Waals surface area contributed by atoms with E-state index in [1.807, 2.05) is 81.4 Å².